The Morgan fingerprint density at radius 3 is 1.37 bits per heavy atom. The predicted molar refractivity (Wildman–Crippen MR) is 215 cm³/mol. The Kier molecular flexibility index (Phi) is 30.1. The fourth-order valence-electron chi connectivity index (χ4n) is 7.33. The van der Waals surface area contributed by atoms with E-state index in [2.05, 4.69) is 23.7 Å². The van der Waals surface area contributed by atoms with Crippen LogP contribution in [0.15, 0.2) is 35.2 Å². The van der Waals surface area contributed by atoms with Crippen LogP contribution in [-0.2, 0) is 4.79 Å². The van der Waals surface area contributed by atoms with Gasteiger partial charge in [0.15, 0.2) is 0 Å². The van der Waals surface area contributed by atoms with E-state index < -0.39 is 23.6 Å². The fourth-order valence-corrected chi connectivity index (χ4v) is 7.33. The summed E-state index contributed by atoms with van der Waals surface area (Å²) in [5.74, 6) is -2.41. The van der Waals surface area contributed by atoms with Gasteiger partial charge in [-0.1, -0.05) is 181 Å². The molecule has 0 saturated carbocycles. The zero-order valence-corrected chi connectivity index (χ0v) is 37.8. The van der Waals surface area contributed by atoms with Crippen molar-refractivity contribution < 1.29 is 79.2 Å². The minimum atomic E-state index is -4.92. The van der Waals surface area contributed by atoms with Crippen LogP contribution >= 0.6 is 0 Å². The van der Waals surface area contributed by atoms with Crippen molar-refractivity contribution in [2.24, 2.45) is 4.99 Å². The number of methoxy groups -OCH3 is 1. The van der Waals surface area contributed by atoms with Crippen LogP contribution in [0.2, 0.25) is 0 Å². The van der Waals surface area contributed by atoms with E-state index >= 15 is 0 Å². The summed E-state index contributed by atoms with van der Waals surface area (Å²) in [5, 5.41) is 11.3. The number of carbonyl (C=O) groups is 1. The maximum atomic E-state index is 13.9. The molecule has 0 radical (unpaired) electrons. The Hall–Kier alpha value is -1.07. The molecule has 2 rings (SSSR count). The third-order valence-electron chi connectivity index (χ3n) is 10.6. The second-order valence-electron chi connectivity index (χ2n) is 15.1. The molecule has 0 unspecified atom stereocenters. The van der Waals surface area contributed by atoms with Crippen molar-refractivity contribution in [3.63, 3.8) is 0 Å². The number of alkyl halides is 3. The van der Waals surface area contributed by atoms with Gasteiger partial charge < -0.3 is 14.7 Å². The zero-order chi connectivity index (χ0) is 38.6. The van der Waals surface area contributed by atoms with Crippen molar-refractivity contribution in [3.8, 4) is 5.75 Å². The van der Waals surface area contributed by atoms with Gasteiger partial charge in [0, 0.05) is 24.8 Å². The van der Waals surface area contributed by atoms with Gasteiger partial charge in [-0.05, 0) is 25.0 Å². The topological polar surface area (TPSA) is 68.2 Å². The standard InChI is InChI=1S/C44H74F3N3O3.K/c1-4-6-8-10-12-14-16-18-20-22-24-26-28-30-34-49(35-31-29-27-25-23-21-19-17-15-13-11-9-7-5-2)38-32-33-40(41(36-38)53-3)50-42(52)39(37-51)48-43(50)44(45,46)47;/h32-33,36-37,51H,4-31,34-35H2,1-3H3;/q;+1/p-1/b39-37+;. The van der Waals surface area contributed by atoms with E-state index in [0.717, 1.165) is 44.5 Å². The Balaban J connectivity index is 0.0000146. The van der Waals surface area contributed by atoms with Gasteiger partial charge >= 0.3 is 57.6 Å². The molecule has 54 heavy (non-hydrogen) atoms. The van der Waals surface area contributed by atoms with Crippen molar-refractivity contribution in [1.82, 2.24) is 0 Å². The molecule has 0 saturated heterocycles. The molecule has 1 amide bonds. The number of amides is 1. The van der Waals surface area contributed by atoms with Gasteiger partial charge in [0.1, 0.15) is 11.4 Å². The van der Waals surface area contributed by atoms with Crippen LogP contribution in [0, 0.1) is 0 Å². The molecule has 0 aromatic heterocycles. The third kappa shape index (κ3) is 20.9. The molecule has 0 fully saturated rings. The number of unbranched alkanes of at least 4 members (excludes halogenated alkanes) is 26. The number of nitrogens with zero attached hydrogens (tertiary/aromatic N) is 3. The van der Waals surface area contributed by atoms with Crippen LogP contribution in [0.5, 0.6) is 5.75 Å². The average molecular weight is 788 g/mol. The van der Waals surface area contributed by atoms with Gasteiger partial charge in [0.05, 0.1) is 12.8 Å². The second-order valence-corrected chi connectivity index (χ2v) is 15.1. The van der Waals surface area contributed by atoms with Crippen molar-refractivity contribution >= 4 is 23.1 Å². The van der Waals surface area contributed by atoms with Crippen LogP contribution in [0.3, 0.4) is 0 Å². The van der Waals surface area contributed by atoms with Crippen molar-refractivity contribution in [2.45, 2.75) is 200 Å². The average Bonchev–Trinajstić information content (AvgIpc) is 3.50. The monoisotopic (exact) mass is 788 g/mol. The normalized spacial score (nSPS) is 13.8. The Labute approximate surface area is 370 Å². The molecular formula is C44H73F3KN3O3. The third-order valence-corrected chi connectivity index (χ3v) is 10.6. The number of amidine groups is 1. The molecule has 1 heterocycles. The van der Waals surface area contributed by atoms with E-state index in [1.807, 2.05) is 0 Å². The second kappa shape index (κ2) is 31.9. The molecule has 1 aliphatic rings. The number of hydrogen-bond donors (Lipinski definition) is 0. The molecule has 0 aliphatic carbocycles. The fraction of sp³-hybridized carbons (Fsp3) is 0.773. The first-order chi connectivity index (χ1) is 25.8. The summed E-state index contributed by atoms with van der Waals surface area (Å²) in [4.78, 5) is 18.8. The van der Waals surface area contributed by atoms with Gasteiger partial charge in [-0.2, -0.15) is 13.2 Å². The zero-order valence-electron chi connectivity index (χ0n) is 34.7. The Morgan fingerprint density at radius 1 is 0.667 bits per heavy atom. The number of halogens is 3. The minimum absolute atomic E-state index is 0. The summed E-state index contributed by atoms with van der Waals surface area (Å²) in [6.07, 6.45) is 31.4. The molecule has 304 valence electrons. The molecule has 0 bridgehead atoms. The van der Waals surface area contributed by atoms with Gasteiger partial charge in [0.25, 0.3) is 5.91 Å². The molecule has 0 spiro atoms. The van der Waals surface area contributed by atoms with Gasteiger partial charge in [-0.3, -0.25) is 9.69 Å². The summed E-state index contributed by atoms with van der Waals surface area (Å²) in [6.45, 7) is 6.22. The smallest absolute Gasteiger partial charge is 0.876 e. The number of benzene rings is 1. The first-order valence-electron chi connectivity index (χ1n) is 21.5. The van der Waals surface area contributed by atoms with Crippen LogP contribution in [0.4, 0.5) is 24.5 Å². The van der Waals surface area contributed by atoms with E-state index in [1.54, 1.807) is 12.1 Å². The number of rotatable bonds is 33. The summed E-state index contributed by atoms with van der Waals surface area (Å²) in [7, 11) is 1.38. The van der Waals surface area contributed by atoms with E-state index in [4.69, 9.17) is 4.74 Å². The van der Waals surface area contributed by atoms with Gasteiger partial charge in [-0.25, -0.2) is 4.99 Å². The molecule has 0 N–H and O–H groups in total. The Bertz CT molecular complexity index is 1150. The van der Waals surface area contributed by atoms with Crippen molar-refractivity contribution in [1.29, 1.82) is 0 Å². The minimum Gasteiger partial charge on any atom is -0.876 e. The summed E-state index contributed by atoms with van der Waals surface area (Å²) < 4.78 is 47.1. The number of anilines is 2. The molecule has 1 aromatic rings. The summed E-state index contributed by atoms with van der Waals surface area (Å²) >= 11 is 0. The maximum Gasteiger partial charge on any atom is 1.00 e. The van der Waals surface area contributed by atoms with E-state index in [9.17, 15) is 23.1 Å². The summed E-state index contributed by atoms with van der Waals surface area (Å²) in [5.41, 5.74) is -0.00507. The largest absolute Gasteiger partial charge is 1.00 e. The van der Waals surface area contributed by atoms with Crippen LogP contribution in [-0.4, -0.2) is 38.1 Å². The van der Waals surface area contributed by atoms with Crippen molar-refractivity contribution in [2.75, 3.05) is 30.0 Å². The van der Waals surface area contributed by atoms with E-state index in [1.165, 1.54) is 167 Å². The predicted octanol–water partition coefficient (Wildman–Crippen LogP) is 9.98. The van der Waals surface area contributed by atoms with Crippen LogP contribution in [0.25, 0.3) is 0 Å². The van der Waals surface area contributed by atoms with Crippen LogP contribution < -0.4 is 71.0 Å². The molecule has 1 aromatic carbocycles. The molecule has 0 atom stereocenters. The van der Waals surface area contributed by atoms with E-state index in [-0.39, 0.29) is 69.1 Å². The molecule has 10 heteroatoms. The molecular weight excluding hydrogens is 715 g/mol. The Morgan fingerprint density at radius 2 is 1.04 bits per heavy atom. The maximum absolute atomic E-state index is 13.9. The first-order valence-corrected chi connectivity index (χ1v) is 21.5. The first kappa shape index (κ1) is 50.9. The van der Waals surface area contributed by atoms with E-state index in [0.29, 0.717) is 4.90 Å². The quantitative estimate of drug-likeness (QED) is 0.0308. The van der Waals surface area contributed by atoms with Crippen LogP contribution in [0.1, 0.15) is 194 Å². The number of ether oxygens (including phenoxy) is 1. The van der Waals surface area contributed by atoms with Crippen molar-refractivity contribution in [3.05, 3.63) is 30.2 Å². The number of hydrogen-bond acceptors (Lipinski definition) is 5. The van der Waals surface area contributed by atoms with Gasteiger partial charge in [0.2, 0.25) is 5.84 Å². The molecule has 1 aliphatic heterocycles. The number of aliphatic imine (C=N–C) groups is 1. The molecule has 6 nitrogen and oxygen atoms in total. The van der Waals surface area contributed by atoms with Gasteiger partial charge in [-0.15, -0.1) is 6.26 Å². The SMILES string of the molecule is CCCCCCCCCCCCCCCCN(CCCCCCCCCCCCCCCC)c1ccc(N2C(=O)/C(=C\[O-])N=C2C(F)(F)F)c(OC)c1.[K+]. The number of carbonyl (C=O) groups excluding carboxylic acids is 1. The summed E-state index contributed by atoms with van der Waals surface area (Å²) in [6, 6.07) is 4.94.